The van der Waals surface area contributed by atoms with Crippen molar-refractivity contribution < 1.29 is 9.00 Å². The van der Waals surface area contributed by atoms with Crippen LogP contribution in [-0.4, -0.2) is 29.9 Å². The number of carbonyl (C=O) groups is 1. The molecule has 1 amide bonds. The number of rotatable bonds is 2. The van der Waals surface area contributed by atoms with Crippen LogP contribution in [-0.2, 0) is 15.8 Å². The molecule has 0 bridgehead atoms. The van der Waals surface area contributed by atoms with Crippen molar-refractivity contribution >= 4 is 21.9 Å². The zero-order chi connectivity index (χ0) is 13.4. The smallest absolute Gasteiger partial charge is 0.258 e. The van der Waals surface area contributed by atoms with Crippen LogP contribution in [0.5, 0.6) is 0 Å². The van der Waals surface area contributed by atoms with Crippen LogP contribution in [0.25, 0.3) is 16.3 Å². The van der Waals surface area contributed by atoms with E-state index in [9.17, 15) is 9.00 Å². The summed E-state index contributed by atoms with van der Waals surface area (Å²) in [6.45, 7) is 1.85. The normalized spacial score (nSPS) is 18.3. The van der Waals surface area contributed by atoms with E-state index in [0.717, 1.165) is 11.3 Å². The Morgan fingerprint density at radius 1 is 1.32 bits per heavy atom. The Morgan fingerprint density at radius 2 is 2.16 bits per heavy atom. The molecule has 1 aliphatic rings. The van der Waals surface area contributed by atoms with E-state index < -0.39 is 11.0 Å². The molecular weight excluding hydrogens is 266 g/mol. The molecule has 0 radical (unpaired) electrons. The summed E-state index contributed by atoms with van der Waals surface area (Å²) < 4.78 is 15.3. The molecule has 0 spiro atoms. The third-order valence-corrected chi connectivity index (χ3v) is 3.57. The topological polar surface area (TPSA) is 89.8 Å². The monoisotopic (exact) mass is 275 g/mol. The molecule has 1 N–H and O–H groups in total. The fourth-order valence-corrected chi connectivity index (χ4v) is 2.50. The number of amides is 1. The number of carbonyl (C=O) groups excluding carboxylic acids is 1. The highest BCUT2D eigenvalue weighted by molar-refractivity contribution is 7.93. The van der Waals surface area contributed by atoms with Crippen LogP contribution in [0.3, 0.4) is 0 Å². The third-order valence-electron chi connectivity index (χ3n) is 2.50. The van der Waals surface area contributed by atoms with Gasteiger partial charge in [0, 0.05) is 24.0 Å². The standard InChI is InChI=1S/C11H9N5O2S/c1-7-3-12-5-9(14-7)8-4-13-16(6-8)11-2-10(17)15-19(11)18/h2-6H,1H3,(H,15,17). The quantitative estimate of drug-likeness (QED) is 0.848. The van der Waals surface area contributed by atoms with E-state index in [1.807, 2.05) is 6.92 Å². The second-order valence-electron chi connectivity index (χ2n) is 3.94. The summed E-state index contributed by atoms with van der Waals surface area (Å²) >= 11 is 0. The van der Waals surface area contributed by atoms with Gasteiger partial charge in [-0.1, -0.05) is 0 Å². The molecule has 0 aromatic carbocycles. The zero-order valence-corrected chi connectivity index (χ0v) is 10.7. The molecule has 3 rings (SSSR count). The SMILES string of the molecule is Cc1cncc(-c2cnn(C3=CC(=O)NS3=O)c2)n1. The van der Waals surface area contributed by atoms with Crippen molar-refractivity contribution in [3.63, 3.8) is 0 Å². The van der Waals surface area contributed by atoms with Crippen molar-refractivity contribution in [2.45, 2.75) is 6.92 Å². The van der Waals surface area contributed by atoms with Crippen LogP contribution in [0.15, 0.2) is 30.9 Å². The minimum Gasteiger partial charge on any atom is -0.269 e. The lowest BCUT2D eigenvalue weighted by molar-refractivity contribution is -0.114. The Kier molecular flexibility index (Phi) is 2.71. The molecule has 19 heavy (non-hydrogen) atoms. The molecule has 0 fully saturated rings. The highest BCUT2D eigenvalue weighted by Gasteiger charge is 2.22. The van der Waals surface area contributed by atoms with E-state index in [4.69, 9.17) is 0 Å². The fraction of sp³-hybridized carbons (Fsp3) is 0.0909. The van der Waals surface area contributed by atoms with Gasteiger partial charge in [-0.2, -0.15) is 5.10 Å². The third kappa shape index (κ3) is 2.17. The first-order chi connectivity index (χ1) is 9.13. The molecule has 2 aromatic heterocycles. The Labute approximate surface area is 111 Å². The van der Waals surface area contributed by atoms with Gasteiger partial charge in [0.2, 0.25) is 0 Å². The second kappa shape index (κ2) is 4.39. The molecule has 2 aromatic rings. The lowest BCUT2D eigenvalue weighted by Crippen LogP contribution is -2.17. The minimum atomic E-state index is -1.56. The Balaban J connectivity index is 1.98. The highest BCUT2D eigenvalue weighted by atomic mass is 32.2. The van der Waals surface area contributed by atoms with Gasteiger partial charge in [0.25, 0.3) is 5.91 Å². The van der Waals surface area contributed by atoms with E-state index in [2.05, 4.69) is 19.8 Å². The highest BCUT2D eigenvalue weighted by Crippen LogP contribution is 2.19. The van der Waals surface area contributed by atoms with Gasteiger partial charge in [-0.15, -0.1) is 0 Å². The number of aromatic nitrogens is 4. The molecule has 1 unspecified atom stereocenters. The lowest BCUT2D eigenvalue weighted by atomic mass is 10.2. The fourth-order valence-electron chi connectivity index (χ4n) is 1.67. The molecule has 7 nitrogen and oxygen atoms in total. The Bertz CT molecular complexity index is 721. The van der Waals surface area contributed by atoms with Crippen molar-refractivity contribution in [2.24, 2.45) is 0 Å². The van der Waals surface area contributed by atoms with Crippen molar-refractivity contribution in [3.8, 4) is 11.3 Å². The van der Waals surface area contributed by atoms with Crippen molar-refractivity contribution in [1.82, 2.24) is 24.5 Å². The van der Waals surface area contributed by atoms with Gasteiger partial charge in [0.1, 0.15) is 0 Å². The van der Waals surface area contributed by atoms with E-state index in [-0.39, 0.29) is 5.91 Å². The number of hydrogen-bond donors (Lipinski definition) is 1. The number of nitrogens with zero attached hydrogens (tertiary/aromatic N) is 4. The van der Waals surface area contributed by atoms with Crippen LogP contribution in [0.1, 0.15) is 5.69 Å². The summed E-state index contributed by atoms with van der Waals surface area (Å²) in [4.78, 5) is 19.5. The summed E-state index contributed by atoms with van der Waals surface area (Å²) in [5.74, 6) is -0.388. The molecule has 1 atom stereocenters. The first-order valence-corrected chi connectivity index (χ1v) is 6.56. The number of aryl methyl sites for hydroxylation is 1. The average Bonchev–Trinajstić information content (AvgIpc) is 2.96. The van der Waals surface area contributed by atoms with Crippen molar-refractivity contribution in [3.05, 3.63) is 36.6 Å². The molecular formula is C11H9N5O2S. The van der Waals surface area contributed by atoms with Gasteiger partial charge in [-0.3, -0.25) is 14.5 Å². The molecule has 1 aliphatic heterocycles. The largest absolute Gasteiger partial charge is 0.269 e. The van der Waals surface area contributed by atoms with Gasteiger partial charge in [-0.05, 0) is 6.92 Å². The first-order valence-electron chi connectivity index (χ1n) is 5.41. The predicted octanol–water partition coefficient (Wildman–Crippen LogP) is 0.240. The van der Waals surface area contributed by atoms with Gasteiger partial charge in [-0.25, -0.2) is 13.9 Å². The maximum atomic E-state index is 11.6. The minimum absolute atomic E-state index is 0.303. The van der Waals surface area contributed by atoms with Crippen molar-refractivity contribution in [2.75, 3.05) is 0 Å². The first kappa shape index (κ1) is 11.7. The average molecular weight is 275 g/mol. The van der Waals surface area contributed by atoms with E-state index in [0.29, 0.717) is 10.7 Å². The zero-order valence-electron chi connectivity index (χ0n) is 9.90. The van der Waals surface area contributed by atoms with Crippen LogP contribution in [0.2, 0.25) is 0 Å². The maximum absolute atomic E-state index is 11.6. The summed E-state index contributed by atoms with van der Waals surface area (Å²) in [5.41, 5.74) is 2.22. The van der Waals surface area contributed by atoms with Crippen molar-refractivity contribution in [1.29, 1.82) is 0 Å². The maximum Gasteiger partial charge on any atom is 0.258 e. The number of nitrogens with one attached hydrogen (secondary N) is 1. The van der Waals surface area contributed by atoms with Crippen LogP contribution in [0.4, 0.5) is 0 Å². The van der Waals surface area contributed by atoms with E-state index in [1.165, 1.54) is 10.8 Å². The summed E-state index contributed by atoms with van der Waals surface area (Å²) in [6.07, 6.45) is 7.79. The summed E-state index contributed by atoms with van der Waals surface area (Å²) in [5, 5.41) is 4.39. The van der Waals surface area contributed by atoms with Crippen LogP contribution < -0.4 is 4.72 Å². The Morgan fingerprint density at radius 3 is 2.84 bits per heavy atom. The lowest BCUT2D eigenvalue weighted by Gasteiger charge is -1.99. The van der Waals surface area contributed by atoms with E-state index >= 15 is 0 Å². The van der Waals surface area contributed by atoms with Crippen LogP contribution in [0, 0.1) is 6.92 Å². The van der Waals surface area contributed by atoms with Gasteiger partial charge >= 0.3 is 0 Å². The number of hydrogen-bond acceptors (Lipinski definition) is 5. The predicted molar refractivity (Wildman–Crippen MR) is 68.5 cm³/mol. The van der Waals surface area contributed by atoms with Gasteiger partial charge in [0.05, 0.1) is 23.8 Å². The summed E-state index contributed by atoms with van der Waals surface area (Å²) in [6, 6.07) is 0. The second-order valence-corrected chi connectivity index (χ2v) is 5.10. The summed E-state index contributed by atoms with van der Waals surface area (Å²) in [7, 11) is -1.56. The molecule has 8 heteroatoms. The molecule has 3 heterocycles. The Hall–Kier alpha value is -2.35. The van der Waals surface area contributed by atoms with Crippen LogP contribution >= 0.6 is 0 Å². The van der Waals surface area contributed by atoms with Gasteiger partial charge in [0.15, 0.2) is 16.0 Å². The molecule has 0 saturated heterocycles. The van der Waals surface area contributed by atoms with E-state index in [1.54, 1.807) is 24.8 Å². The molecule has 96 valence electrons. The molecule has 0 aliphatic carbocycles. The molecule has 0 saturated carbocycles. The van der Waals surface area contributed by atoms with Gasteiger partial charge < -0.3 is 0 Å².